The number of nitrogens with zero attached hydrogens (tertiary/aromatic N) is 2. The van der Waals surface area contributed by atoms with E-state index in [1.165, 1.54) is 25.7 Å². The maximum Gasteiger partial charge on any atom is 0.236 e. The Bertz CT molecular complexity index is 402. The molecule has 1 heterocycles. The SMILES string of the molecule is N#CCC(=O)N1CCC(CNC(=O)CC2CCCC2)CC1. The van der Waals surface area contributed by atoms with Crippen LogP contribution < -0.4 is 5.32 Å². The first-order valence-electron chi connectivity index (χ1n) is 8.10. The second kappa shape index (κ2) is 8.02. The first-order chi connectivity index (χ1) is 10.2. The van der Waals surface area contributed by atoms with Gasteiger partial charge in [0.05, 0.1) is 6.07 Å². The molecular formula is C16H25N3O2. The molecule has 2 rings (SSSR count). The fourth-order valence-electron chi connectivity index (χ4n) is 3.37. The Morgan fingerprint density at radius 3 is 2.38 bits per heavy atom. The van der Waals surface area contributed by atoms with E-state index in [-0.39, 0.29) is 18.2 Å². The maximum absolute atomic E-state index is 11.9. The van der Waals surface area contributed by atoms with Crippen LogP contribution in [-0.2, 0) is 9.59 Å². The molecule has 1 saturated carbocycles. The summed E-state index contributed by atoms with van der Waals surface area (Å²) in [7, 11) is 0. The van der Waals surface area contributed by atoms with Crippen LogP contribution in [0.1, 0.15) is 51.4 Å². The molecular weight excluding hydrogens is 266 g/mol. The van der Waals surface area contributed by atoms with Crippen molar-refractivity contribution in [1.29, 1.82) is 5.26 Å². The van der Waals surface area contributed by atoms with Crippen LogP contribution in [0, 0.1) is 23.2 Å². The van der Waals surface area contributed by atoms with Crippen molar-refractivity contribution < 1.29 is 9.59 Å². The Labute approximate surface area is 126 Å². The highest BCUT2D eigenvalue weighted by molar-refractivity contribution is 5.78. The molecule has 1 saturated heterocycles. The van der Waals surface area contributed by atoms with Gasteiger partial charge in [-0.1, -0.05) is 12.8 Å². The number of hydrogen-bond acceptors (Lipinski definition) is 3. The van der Waals surface area contributed by atoms with Crippen LogP contribution in [0.4, 0.5) is 0 Å². The molecule has 5 heteroatoms. The summed E-state index contributed by atoms with van der Waals surface area (Å²) in [6.45, 7) is 2.15. The number of likely N-dealkylation sites (tertiary alicyclic amines) is 1. The van der Waals surface area contributed by atoms with Crippen molar-refractivity contribution in [2.45, 2.75) is 51.4 Å². The Hall–Kier alpha value is -1.57. The van der Waals surface area contributed by atoms with E-state index in [4.69, 9.17) is 5.26 Å². The summed E-state index contributed by atoms with van der Waals surface area (Å²) in [6.07, 6.45) is 7.43. The van der Waals surface area contributed by atoms with Crippen LogP contribution in [0.5, 0.6) is 0 Å². The van der Waals surface area contributed by atoms with Crippen LogP contribution >= 0.6 is 0 Å². The zero-order valence-corrected chi connectivity index (χ0v) is 12.6. The van der Waals surface area contributed by atoms with Crippen molar-refractivity contribution in [2.24, 2.45) is 11.8 Å². The molecule has 0 spiro atoms. The number of nitriles is 1. The van der Waals surface area contributed by atoms with E-state index in [9.17, 15) is 9.59 Å². The van der Waals surface area contributed by atoms with Crippen molar-refractivity contribution in [1.82, 2.24) is 10.2 Å². The summed E-state index contributed by atoms with van der Waals surface area (Å²) in [5, 5.41) is 11.6. The van der Waals surface area contributed by atoms with Crippen molar-refractivity contribution in [3.8, 4) is 6.07 Å². The third-order valence-corrected chi connectivity index (χ3v) is 4.73. The molecule has 0 radical (unpaired) electrons. The van der Waals surface area contributed by atoms with Crippen molar-refractivity contribution in [2.75, 3.05) is 19.6 Å². The van der Waals surface area contributed by atoms with Gasteiger partial charge in [0, 0.05) is 26.1 Å². The molecule has 0 unspecified atom stereocenters. The topological polar surface area (TPSA) is 73.2 Å². The van der Waals surface area contributed by atoms with Gasteiger partial charge in [-0.3, -0.25) is 9.59 Å². The monoisotopic (exact) mass is 291 g/mol. The fourth-order valence-corrected chi connectivity index (χ4v) is 3.37. The van der Waals surface area contributed by atoms with Crippen LogP contribution in [0.3, 0.4) is 0 Å². The molecule has 0 aromatic heterocycles. The van der Waals surface area contributed by atoms with E-state index >= 15 is 0 Å². The minimum Gasteiger partial charge on any atom is -0.356 e. The first-order valence-corrected chi connectivity index (χ1v) is 8.10. The van der Waals surface area contributed by atoms with Gasteiger partial charge in [-0.15, -0.1) is 0 Å². The summed E-state index contributed by atoms with van der Waals surface area (Å²) in [4.78, 5) is 25.2. The average molecular weight is 291 g/mol. The maximum atomic E-state index is 11.9. The highest BCUT2D eigenvalue weighted by Gasteiger charge is 2.23. The van der Waals surface area contributed by atoms with Crippen molar-refractivity contribution in [3.63, 3.8) is 0 Å². The lowest BCUT2D eigenvalue weighted by Crippen LogP contribution is -2.41. The van der Waals surface area contributed by atoms with Crippen molar-refractivity contribution >= 4 is 11.8 Å². The highest BCUT2D eigenvalue weighted by atomic mass is 16.2. The molecule has 0 aromatic rings. The molecule has 2 amide bonds. The molecule has 116 valence electrons. The summed E-state index contributed by atoms with van der Waals surface area (Å²) in [6, 6.07) is 1.90. The van der Waals surface area contributed by atoms with E-state index in [0.717, 1.165) is 19.4 Å². The fraction of sp³-hybridized carbons (Fsp3) is 0.812. The van der Waals surface area contributed by atoms with Crippen molar-refractivity contribution in [3.05, 3.63) is 0 Å². The summed E-state index contributed by atoms with van der Waals surface area (Å²) >= 11 is 0. The van der Waals surface area contributed by atoms with E-state index in [0.29, 0.717) is 31.3 Å². The molecule has 0 aromatic carbocycles. The Kier molecular flexibility index (Phi) is 6.04. The number of hydrogen-bond donors (Lipinski definition) is 1. The Morgan fingerprint density at radius 2 is 1.76 bits per heavy atom. The minimum atomic E-state index is -0.0683. The third-order valence-electron chi connectivity index (χ3n) is 4.73. The summed E-state index contributed by atoms with van der Waals surface area (Å²) in [5.74, 6) is 1.17. The van der Waals surface area contributed by atoms with Gasteiger partial charge in [0.2, 0.25) is 11.8 Å². The lowest BCUT2D eigenvalue weighted by Gasteiger charge is -2.31. The van der Waals surface area contributed by atoms with Gasteiger partial charge in [-0.05, 0) is 37.5 Å². The molecule has 2 fully saturated rings. The number of amides is 2. The molecule has 21 heavy (non-hydrogen) atoms. The number of rotatable bonds is 5. The second-order valence-electron chi connectivity index (χ2n) is 6.32. The Balaban J connectivity index is 1.61. The van der Waals surface area contributed by atoms with Crippen LogP contribution in [0.15, 0.2) is 0 Å². The Morgan fingerprint density at radius 1 is 1.10 bits per heavy atom. The largest absolute Gasteiger partial charge is 0.356 e. The molecule has 1 N–H and O–H groups in total. The normalized spacial score (nSPS) is 20.2. The highest BCUT2D eigenvalue weighted by Crippen LogP contribution is 2.27. The number of nitrogens with one attached hydrogen (secondary N) is 1. The zero-order chi connectivity index (χ0) is 15.1. The third kappa shape index (κ3) is 5.04. The lowest BCUT2D eigenvalue weighted by atomic mass is 9.96. The predicted octanol–water partition coefficient (Wildman–Crippen LogP) is 1.84. The molecule has 1 aliphatic carbocycles. The van der Waals surface area contributed by atoms with Gasteiger partial charge >= 0.3 is 0 Å². The van der Waals surface area contributed by atoms with Gasteiger partial charge in [-0.2, -0.15) is 5.26 Å². The lowest BCUT2D eigenvalue weighted by molar-refractivity contribution is -0.131. The average Bonchev–Trinajstić information content (AvgIpc) is 2.99. The predicted molar refractivity (Wildman–Crippen MR) is 79.1 cm³/mol. The van der Waals surface area contributed by atoms with E-state index in [2.05, 4.69) is 5.32 Å². The van der Waals surface area contributed by atoms with E-state index < -0.39 is 0 Å². The van der Waals surface area contributed by atoms with Crippen LogP contribution in [0.25, 0.3) is 0 Å². The van der Waals surface area contributed by atoms with E-state index in [1.807, 2.05) is 6.07 Å². The van der Waals surface area contributed by atoms with E-state index in [1.54, 1.807) is 4.90 Å². The van der Waals surface area contributed by atoms with Gasteiger partial charge < -0.3 is 10.2 Å². The summed E-state index contributed by atoms with van der Waals surface area (Å²) < 4.78 is 0. The molecule has 2 aliphatic rings. The first kappa shape index (κ1) is 15.8. The molecule has 0 atom stereocenters. The van der Waals surface area contributed by atoms with Gasteiger partial charge in [-0.25, -0.2) is 0 Å². The second-order valence-corrected chi connectivity index (χ2v) is 6.32. The van der Waals surface area contributed by atoms with Gasteiger partial charge in [0.25, 0.3) is 0 Å². The van der Waals surface area contributed by atoms with Gasteiger partial charge in [0.15, 0.2) is 0 Å². The summed E-state index contributed by atoms with van der Waals surface area (Å²) in [5.41, 5.74) is 0. The zero-order valence-electron chi connectivity index (χ0n) is 12.6. The quantitative estimate of drug-likeness (QED) is 0.840. The number of carbonyl (C=O) groups is 2. The van der Waals surface area contributed by atoms with Gasteiger partial charge in [0.1, 0.15) is 6.42 Å². The van der Waals surface area contributed by atoms with Crippen LogP contribution in [-0.4, -0.2) is 36.3 Å². The van der Waals surface area contributed by atoms with Crippen LogP contribution in [0.2, 0.25) is 0 Å². The molecule has 1 aliphatic heterocycles. The smallest absolute Gasteiger partial charge is 0.236 e. The molecule has 5 nitrogen and oxygen atoms in total. The standard InChI is InChI=1S/C16H25N3O2/c17-8-5-16(21)19-9-6-14(7-10-19)12-18-15(20)11-13-3-1-2-4-13/h13-14H,1-7,9-12H2,(H,18,20). The minimum absolute atomic E-state index is 0.0250. The number of carbonyl (C=O) groups excluding carboxylic acids is 2. The number of piperidine rings is 1. The molecule has 0 bridgehead atoms.